The van der Waals surface area contributed by atoms with E-state index in [2.05, 4.69) is 0 Å². The number of thiophene rings is 1. The first-order valence-electron chi connectivity index (χ1n) is 3.84. The maximum atomic E-state index is 13.0. The van der Waals surface area contributed by atoms with Gasteiger partial charge in [0.2, 0.25) is 0 Å². The second kappa shape index (κ2) is 3.16. The van der Waals surface area contributed by atoms with Crippen LogP contribution in [0.2, 0.25) is 0 Å². The van der Waals surface area contributed by atoms with Crippen LogP contribution in [0.4, 0.5) is 18.9 Å². The average molecular weight is 217 g/mol. The number of alkyl halides is 2. The fourth-order valence-corrected chi connectivity index (χ4v) is 2.23. The lowest BCUT2D eigenvalue weighted by Gasteiger charge is -1.99. The van der Waals surface area contributed by atoms with E-state index in [-0.39, 0.29) is 16.6 Å². The van der Waals surface area contributed by atoms with Gasteiger partial charge >= 0.3 is 0 Å². The van der Waals surface area contributed by atoms with E-state index < -0.39 is 12.2 Å². The lowest BCUT2D eigenvalue weighted by Crippen LogP contribution is -1.89. The van der Waals surface area contributed by atoms with Gasteiger partial charge < -0.3 is 5.73 Å². The molecular weight excluding hydrogens is 211 g/mol. The Morgan fingerprint density at radius 1 is 1.29 bits per heavy atom. The highest BCUT2D eigenvalue weighted by atomic mass is 32.1. The maximum absolute atomic E-state index is 13.0. The molecule has 0 unspecified atom stereocenters. The van der Waals surface area contributed by atoms with Crippen molar-refractivity contribution < 1.29 is 13.2 Å². The lowest BCUT2D eigenvalue weighted by molar-refractivity contribution is 0.153. The van der Waals surface area contributed by atoms with Gasteiger partial charge in [-0.1, -0.05) is 0 Å². The van der Waals surface area contributed by atoms with Gasteiger partial charge in [-0.15, -0.1) is 11.3 Å². The number of nitrogens with two attached hydrogens (primary N) is 1. The zero-order valence-electron chi connectivity index (χ0n) is 6.93. The summed E-state index contributed by atoms with van der Waals surface area (Å²) in [6.07, 6.45) is -2.58. The summed E-state index contributed by atoms with van der Waals surface area (Å²) in [6, 6.07) is 2.43. The predicted molar refractivity (Wildman–Crippen MR) is 51.2 cm³/mol. The zero-order chi connectivity index (χ0) is 10.3. The van der Waals surface area contributed by atoms with Gasteiger partial charge in [-0.05, 0) is 12.1 Å². The van der Waals surface area contributed by atoms with Gasteiger partial charge in [-0.2, -0.15) is 0 Å². The molecule has 0 aliphatic rings. The van der Waals surface area contributed by atoms with Gasteiger partial charge in [0, 0.05) is 21.0 Å². The van der Waals surface area contributed by atoms with Crippen molar-refractivity contribution in [1.29, 1.82) is 0 Å². The zero-order valence-corrected chi connectivity index (χ0v) is 7.75. The number of anilines is 1. The highest BCUT2D eigenvalue weighted by Gasteiger charge is 2.14. The highest BCUT2D eigenvalue weighted by molar-refractivity contribution is 7.17. The van der Waals surface area contributed by atoms with Crippen molar-refractivity contribution in [2.24, 2.45) is 0 Å². The highest BCUT2D eigenvalue weighted by Crippen LogP contribution is 2.34. The van der Waals surface area contributed by atoms with Crippen LogP contribution in [0.15, 0.2) is 17.5 Å². The molecule has 0 atom stereocenters. The van der Waals surface area contributed by atoms with Crippen LogP contribution in [0.25, 0.3) is 10.1 Å². The van der Waals surface area contributed by atoms with Crippen LogP contribution in [-0.4, -0.2) is 0 Å². The molecule has 0 saturated carbocycles. The second-order valence-electron chi connectivity index (χ2n) is 2.86. The van der Waals surface area contributed by atoms with Crippen molar-refractivity contribution in [3.05, 3.63) is 28.9 Å². The smallest absolute Gasteiger partial charge is 0.265 e. The summed E-state index contributed by atoms with van der Waals surface area (Å²) in [5.41, 5.74) is 5.17. The maximum Gasteiger partial charge on any atom is 0.265 e. The third-order valence-corrected chi connectivity index (χ3v) is 2.92. The van der Waals surface area contributed by atoms with E-state index >= 15 is 0 Å². The minimum absolute atomic E-state index is 0.0137. The Hall–Kier alpha value is -1.23. The second-order valence-corrected chi connectivity index (χ2v) is 3.77. The average Bonchev–Trinajstić information content (AvgIpc) is 2.48. The first kappa shape index (κ1) is 9.33. The molecule has 0 bridgehead atoms. The Morgan fingerprint density at radius 2 is 2.00 bits per heavy atom. The monoisotopic (exact) mass is 217 g/mol. The molecule has 0 fully saturated rings. The summed E-state index contributed by atoms with van der Waals surface area (Å²) in [6.45, 7) is 0. The number of benzene rings is 1. The van der Waals surface area contributed by atoms with E-state index in [0.717, 1.165) is 17.4 Å². The lowest BCUT2D eigenvalue weighted by atomic mass is 10.1. The van der Waals surface area contributed by atoms with Gasteiger partial charge in [0.15, 0.2) is 0 Å². The standard InChI is InChI=1S/C9H6F3NS/c10-6-1-4-5(9(11)12)3-14-8(4)2-7(6)13/h1-3,9H,13H2. The van der Waals surface area contributed by atoms with Crippen LogP contribution in [0.5, 0.6) is 0 Å². The largest absolute Gasteiger partial charge is 0.396 e. The topological polar surface area (TPSA) is 26.0 Å². The first-order valence-corrected chi connectivity index (χ1v) is 4.72. The number of hydrogen-bond donors (Lipinski definition) is 1. The molecule has 1 aromatic heterocycles. The van der Waals surface area contributed by atoms with Crippen molar-refractivity contribution in [1.82, 2.24) is 0 Å². The normalized spacial score (nSPS) is 11.4. The predicted octanol–water partition coefficient (Wildman–Crippen LogP) is 3.56. The van der Waals surface area contributed by atoms with Crippen molar-refractivity contribution in [2.75, 3.05) is 5.73 Å². The van der Waals surface area contributed by atoms with Gasteiger partial charge in [-0.25, -0.2) is 13.2 Å². The summed E-state index contributed by atoms with van der Waals surface area (Å²) in [5.74, 6) is -0.655. The molecule has 0 saturated heterocycles. The quantitative estimate of drug-likeness (QED) is 0.726. The van der Waals surface area contributed by atoms with E-state index in [1.807, 2.05) is 0 Å². The molecule has 0 spiro atoms. The molecule has 0 aliphatic carbocycles. The molecule has 2 aromatic rings. The van der Waals surface area contributed by atoms with E-state index in [1.54, 1.807) is 0 Å². The Labute approximate surface area is 82.0 Å². The minimum Gasteiger partial charge on any atom is -0.396 e. The molecule has 0 amide bonds. The Kier molecular flexibility index (Phi) is 2.11. The van der Waals surface area contributed by atoms with Crippen LogP contribution in [0.1, 0.15) is 12.0 Å². The Morgan fingerprint density at radius 3 is 2.64 bits per heavy atom. The molecule has 1 aromatic carbocycles. The minimum atomic E-state index is -2.58. The molecule has 74 valence electrons. The number of rotatable bonds is 1. The van der Waals surface area contributed by atoms with Crippen LogP contribution < -0.4 is 5.73 Å². The van der Waals surface area contributed by atoms with Gasteiger partial charge in [0.25, 0.3) is 6.43 Å². The number of halogens is 3. The third-order valence-electron chi connectivity index (χ3n) is 1.96. The molecule has 14 heavy (non-hydrogen) atoms. The molecule has 5 heteroatoms. The van der Waals surface area contributed by atoms with Crippen LogP contribution >= 0.6 is 11.3 Å². The van der Waals surface area contributed by atoms with E-state index in [0.29, 0.717) is 4.70 Å². The molecule has 1 heterocycles. The van der Waals surface area contributed by atoms with E-state index in [9.17, 15) is 13.2 Å². The van der Waals surface area contributed by atoms with E-state index in [4.69, 9.17) is 5.73 Å². The Bertz CT molecular complexity index is 478. The Balaban J connectivity index is 2.74. The van der Waals surface area contributed by atoms with Crippen molar-refractivity contribution in [3.63, 3.8) is 0 Å². The van der Waals surface area contributed by atoms with Crippen molar-refractivity contribution in [2.45, 2.75) is 6.43 Å². The summed E-state index contributed by atoms with van der Waals surface area (Å²) < 4.78 is 38.4. The van der Waals surface area contributed by atoms with Crippen LogP contribution in [0.3, 0.4) is 0 Å². The summed E-state index contributed by atoms with van der Waals surface area (Å²) in [5, 5.41) is 1.57. The van der Waals surface area contributed by atoms with Gasteiger partial charge in [-0.3, -0.25) is 0 Å². The SMILES string of the molecule is Nc1cc2scc(C(F)F)c2cc1F. The molecule has 2 N–H and O–H groups in total. The molecule has 2 rings (SSSR count). The number of hydrogen-bond acceptors (Lipinski definition) is 2. The summed E-state index contributed by atoms with van der Waals surface area (Å²) in [7, 11) is 0. The number of fused-ring (bicyclic) bond motifs is 1. The molecular formula is C9H6F3NS. The van der Waals surface area contributed by atoms with Gasteiger partial charge in [0.05, 0.1) is 5.69 Å². The van der Waals surface area contributed by atoms with Gasteiger partial charge in [0.1, 0.15) is 5.82 Å². The molecule has 1 nitrogen and oxygen atoms in total. The number of nitrogen functional groups attached to an aromatic ring is 1. The molecule has 0 radical (unpaired) electrons. The van der Waals surface area contributed by atoms with E-state index in [1.165, 1.54) is 11.4 Å². The van der Waals surface area contributed by atoms with Crippen molar-refractivity contribution >= 4 is 27.1 Å². The third kappa shape index (κ3) is 1.33. The summed E-state index contributed by atoms with van der Waals surface area (Å²) >= 11 is 1.14. The van der Waals surface area contributed by atoms with Crippen molar-refractivity contribution in [3.8, 4) is 0 Å². The first-order chi connectivity index (χ1) is 6.59. The van der Waals surface area contributed by atoms with Crippen LogP contribution in [0, 0.1) is 5.82 Å². The molecule has 0 aliphatic heterocycles. The van der Waals surface area contributed by atoms with Crippen LogP contribution in [-0.2, 0) is 0 Å². The summed E-state index contributed by atoms with van der Waals surface area (Å²) in [4.78, 5) is 0. The fourth-order valence-electron chi connectivity index (χ4n) is 1.25. The fraction of sp³-hybridized carbons (Fsp3) is 0.111.